The minimum absolute atomic E-state index is 0.501. The van der Waals surface area contributed by atoms with Crippen molar-refractivity contribution in [2.45, 2.75) is 6.54 Å². The quantitative estimate of drug-likeness (QED) is 0.917. The molecule has 0 spiro atoms. The molecule has 0 unspecified atom stereocenters. The smallest absolute Gasteiger partial charge is 0.136 e. The molecule has 5 heteroatoms. The molecule has 0 radical (unpaired) electrons. The minimum atomic E-state index is 0.501. The summed E-state index contributed by atoms with van der Waals surface area (Å²) in [6, 6.07) is 15.1. The van der Waals surface area contributed by atoms with Crippen LogP contribution in [0.3, 0.4) is 0 Å². The van der Waals surface area contributed by atoms with Crippen LogP contribution in [-0.4, -0.2) is 7.11 Å². The Morgan fingerprint density at radius 2 is 1.81 bits per heavy atom. The molecule has 0 bridgehead atoms. The maximum absolute atomic E-state index is 9.10. The molecule has 0 aliphatic heterocycles. The molecule has 4 nitrogen and oxygen atoms in total. The summed E-state index contributed by atoms with van der Waals surface area (Å²) in [6.45, 7) is 0.535. The van der Waals surface area contributed by atoms with Crippen molar-refractivity contribution in [3.05, 3.63) is 57.6 Å². The number of nitriles is 2. The van der Waals surface area contributed by atoms with Gasteiger partial charge in [0.05, 0.1) is 23.9 Å². The molecular formula is C16H12BrN3O. The standard InChI is InChI=1S/C16H12BrN3O/c1-21-16-6-11(2-3-13(16)9-19)10-20-15-7-14(17)5-4-12(15)8-18/h2-7,20H,10H2,1H3. The first kappa shape index (κ1) is 14.9. The summed E-state index contributed by atoms with van der Waals surface area (Å²) < 4.78 is 6.09. The van der Waals surface area contributed by atoms with E-state index in [1.165, 1.54) is 7.11 Å². The van der Waals surface area contributed by atoms with Gasteiger partial charge >= 0.3 is 0 Å². The SMILES string of the molecule is COc1cc(CNc2cc(Br)ccc2C#N)ccc1C#N. The van der Waals surface area contributed by atoms with Gasteiger partial charge in [0.2, 0.25) is 0 Å². The average Bonchev–Trinajstić information content (AvgIpc) is 2.52. The summed E-state index contributed by atoms with van der Waals surface area (Å²) in [4.78, 5) is 0. The molecular weight excluding hydrogens is 330 g/mol. The second-order valence-electron chi connectivity index (χ2n) is 4.30. The summed E-state index contributed by atoms with van der Waals surface area (Å²) in [6.07, 6.45) is 0. The molecule has 0 aliphatic rings. The number of hydrogen-bond acceptors (Lipinski definition) is 4. The van der Waals surface area contributed by atoms with Gasteiger partial charge in [0, 0.05) is 11.0 Å². The first-order valence-corrected chi connectivity index (χ1v) is 6.97. The third-order valence-electron chi connectivity index (χ3n) is 2.97. The summed E-state index contributed by atoms with van der Waals surface area (Å²) in [5.41, 5.74) is 2.81. The Morgan fingerprint density at radius 1 is 1.10 bits per heavy atom. The number of rotatable bonds is 4. The van der Waals surface area contributed by atoms with Gasteiger partial charge in [-0.1, -0.05) is 22.0 Å². The zero-order valence-corrected chi connectivity index (χ0v) is 12.9. The number of hydrogen-bond donors (Lipinski definition) is 1. The van der Waals surface area contributed by atoms with Crippen LogP contribution in [0.2, 0.25) is 0 Å². The van der Waals surface area contributed by atoms with Crippen molar-refractivity contribution in [1.29, 1.82) is 10.5 Å². The Hall–Kier alpha value is -2.50. The first-order chi connectivity index (χ1) is 10.2. The second kappa shape index (κ2) is 6.78. The van der Waals surface area contributed by atoms with Crippen molar-refractivity contribution in [3.8, 4) is 17.9 Å². The number of ether oxygens (including phenoxy) is 1. The zero-order valence-electron chi connectivity index (χ0n) is 11.4. The van der Waals surface area contributed by atoms with Gasteiger partial charge in [-0.3, -0.25) is 0 Å². The predicted molar refractivity (Wildman–Crippen MR) is 83.9 cm³/mol. The van der Waals surface area contributed by atoms with Gasteiger partial charge in [0.15, 0.2) is 0 Å². The lowest BCUT2D eigenvalue weighted by Gasteiger charge is -2.10. The first-order valence-electron chi connectivity index (χ1n) is 6.18. The molecule has 0 amide bonds. The van der Waals surface area contributed by atoms with E-state index in [1.807, 2.05) is 24.3 Å². The largest absolute Gasteiger partial charge is 0.495 e. The van der Waals surface area contributed by atoms with E-state index in [9.17, 15) is 0 Å². The van der Waals surface area contributed by atoms with E-state index < -0.39 is 0 Å². The Balaban J connectivity index is 2.19. The molecule has 0 aromatic heterocycles. The maximum atomic E-state index is 9.10. The Kier molecular flexibility index (Phi) is 4.81. The van der Waals surface area contributed by atoms with E-state index in [4.69, 9.17) is 15.3 Å². The number of benzene rings is 2. The normalized spacial score (nSPS) is 9.52. The summed E-state index contributed by atoms with van der Waals surface area (Å²) in [5, 5.41) is 21.3. The molecule has 104 valence electrons. The van der Waals surface area contributed by atoms with E-state index in [2.05, 4.69) is 33.4 Å². The topological polar surface area (TPSA) is 68.8 Å². The van der Waals surface area contributed by atoms with E-state index in [1.54, 1.807) is 12.1 Å². The summed E-state index contributed by atoms with van der Waals surface area (Å²) in [7, 11) is 1.54. The summed E-state index contributed by atoms with van der Waals surface area (Å²) >= 11 is 3.39. The van der Waals surface area contributed by atoms with Gasteiger partial charge in [-0.2, -0.15) is 10.5 Å². The van der Waals surface area contributed by atoms with Crippen molar-refractivity contribution in [2.75, 3.05) is 12.4 Å². The highest BCUT2D eigenvalue weighted by atomic mass is 79.9. The number of halogens is 1. The minimum Gasteiger partial charge on any atom is -0.495 e. The molecule has 21 heavy (non-hydrogen) atoms. The van der Waals surface area contributed by atoms with Crippen LogP contribution < -0.4 is 10.1 Å². The lowest BCUT2D eigenvalue weighted by atomic mass is 10.1. The highest BCUT2D eigenvalue weighted by Gasteiger charge is 2.06. The van der Waals surface area contributed by atoms with Crippen LogP contribution >= 0.6 is 15.9 Å². The lowest BCUT2D eigenvalue weighted by molar-refractivity contribution is 0.413. The molecule has 0 saturated heterocycles. The molecule has 0 heterocycles. The molecule has 0 aliphatic carbocycles. The fourth-order valence-electron chi connectivity index (χ4n) is 1.90. The maximum Gasteiger partial charge on any atom is 0.136 e. The average molecular weight is 342 g/mol. The molecule has 0 fully saturated rings. The third-order valence-corrected chi connectivity index (χ3v) is 3.46. The fourth-order valence-corrected chi connectivity index (χ4v) is 2.26. The van der Waals surface area contributed by atoms with E-state index >= 15 is 0 Å². The number of nitrogens with one attached hydrogen (secondary N) is 1. The van der Waals surface area contributed by atoms with Crippen molar-refractivity contribution in [3.63, 3.8) is 0 Å². The van der Waals surface area contributed by atoms with Crippen molar-refractivity contribution in [2.24, 2.45) is 0 Å². The molecule has 2 aromatic rings. The Morgan fingerprint density at radius 3 is 2.48 bits per heavy atom. The predicted octanol–water partition coefficient (Wildman–Crippen LogP) is 3.81. The van der Waals surface area contributed by atoms with Gasteiger partial charge in [0.25, 0.3) is 0 Å². The van der Waals surface area contributed by atoms with Crippen LogP contribution in [0.1, 0.15) is 16.7 Å². The monoisotopic (exact) mass is 341 g/mol. The molecule has 0 atom stereocenters. The van der Waals surface area contributed by atoms with E-state index in [-0.39, 0.29) is 0 Å². The van der Waals surface area contributed by atoms with Crippen LogP contribution in [0.5, 0.6) is 5.75 Å². The molecule has 0 saturated carbocycles. The van der Waals surface area contributed by atoms with Crippen LogP contribution in [-0.2, 0) is 6.54 Å². The van der Waals surface area contributed by atoms with Gasteiger partial charge < -0.3 is 10.1 Å². The third kappa shape index (κ3) is 3.53. The van der Waals surface area contributed by atoms with E-state index in [0.29, 0.717) is 23.4 Å². The highest BCUT2D eigenvalue weighted by Crippen LogP contribution is 2.23. The second-order valence-corrected chi connectivity index (χ2v) is 5.22. The summed E-state index contributed by atoms with van der Waals surface area (Å²) in [5.74, 6) is 0.548. The lowest BCUT2D eigenvalue weighted by Crippen LogP contribution is -2.02. The molecule has 1 N–H and O–H groups in total. The van der Waals surface area contributed by atoms with Crippen LogP contribution in [0, 0.1) is 22.7 Å². The van der Waals surface area contributed by atoms with Crippen molar-refractivity contribution >= 4 is 21.6 Å². The van der Waals surface area contributed by atoms with Crippen molar-refractivity contribution < 1.29 is 4.74 Å². The van der Waals surface area contributed by atoms with E-state index in [0.717, 1.165) is 15.7 Å². The number of anilines is 1. The molecule has 2 aromatic carbocycles. The highest BCUT2D eigenvalue weighted by molar-refractivity contribution is 9.10. The van der Waals surface area contributed by atoms with Gasteiger partial charge in [-0.25, -0.2) is 0 Å². The number of nitrogens with zero attached hydrogens (tertiary/aromatic N) is 2. The van der Waals surface area contributed by atoms with Gasteiger partial charge in [0.1, 0.15) is 17.9 Å². The van der Waals surface area contributed by atoms with Crippen LogP contribution in [0.25, 0.3) is 0 Å². The van der Waals surface area contributed by atoms with Crippen LogP contribution in [0.15, 0.2) is 40.9 Å². The number of methoxy groups -OCH3 is 1. The Labute approximate surface area is 131 Å². The molecule has 2 rings (SSSR count). The van der Waals surface area contributed by atoms with Gasteiger partial charge in [-0.05, 0) is 35.9 Å². The van der Waals surface area contributed by atoms with Crippen LogP contribution in [0.4, 0.5) is 5.69 Å². The van der Waals surface area contributed by atoms with Gasteiger partial charge in [-0.15, -0.1) is 0 Å². The zero-order chi connectivity index (χ0) is 15.2. The fraction of sp³-hybridized carbons (Fsp3) is 0.125. The van der Waals surface area contributed by atoms with Crippen molar-refractivity contribution in [1.82, 2.24) is 0 Å². The Bertz CT molecular complexity index is 744.